The summed E-state index contributed by atoms with van der Waals surface area (Å²) in [6.07, 6.45) is 7.78. The van der Waals surface area contributed by atoms with Crippen molar-refractivity contribution in [2.24, 2.45) is 5.41 Å². The summed E-state index contributed by atoms with van der Waals surface area (Å²) in [6.45, 7) is 10.4. The monoisotopic (exact) mass is 261 g/mol. The van der Waals surface area contributed by atoms with Crippen LogP contribution < -0.4 is 5.32 Å². The minimum Gasteiger partial charge on any atom is -0.311 e. The molecule has 19 heavy (non-hydrogen) atoms. The normalized spacial score (nSPS) is 18.8. The maximum absolute atomic E-state index is 4.13. The molecule has 0 aliphatic carbocycles. The first kappa shape index (κ1) is 14.5. The Balaban J connectivity index is 1.65. The minimum absolute atomic E-state index is 0.601. The molecular formula is C16H27N3. The topological polar surface area (TPSA) is 28.2 Å². The van der Waals surface area contributed by atoms with Gasteiger partial charge in [0, 0.05) is 38.6 Å². The highest BCUT2D eigenvalue weighted by atomic mass is 15.2. The number of hydrogen-bond donors (Lipinski definition) is 1. The molecule has 3 heteroatoms. The summed E-state index contributed by atoms with van der Waals surface area (Å²) in [5.74, 6) is 0. The van der Waals surface area contributed by atoms with Gasteiger partial charge >= 0.3 is 0 Å². The summed E-state index contributed by atoms with van der Waals surface area (Å²) >= 11 is 0. The summed E-state index contributed by atoms with van der Waals surface area (Å²) in [5, 5.41) is 3.51. The van der Waals surface area contributed by atoms with E-state index in [1.165, 1.54) is 44.5 Å². The standard InChI is InChI=1S/C16H27N3/c1-3-16(4-2)7-10-19(14-16)11-9-18-13-15-6-5-8-17-12-15/h5-6,8,12,18H,3-4,7,9-11,13-14H2,1-2H3. The summed E-state index contributed by atoms with van der Waals surface area (Å²) in [6, 6.07) is 4.11. The zero-order valence-electron chi connectivity index (χ0n) is 12.4. The van der Waals surface area contributed by atoms with Gasteiger partial charge in [0.25, 0.3) is 0 Å². The first-order valence-corrected chi connectivity index (χ1v) is 7.60. The van der Waals surface area contributed by atoms with Crippen LogP contribution >= 0.6 is 0 Å². The van der Waals surface area contributed by atoms with Crippen LogP contribution in [0.5, 0.6) is 0 Å². The number of nitrogens with one attached hydrogen (secondary N) is 1. The molecule has 1 aliphatic heterocycles. The Hall–Kier alpha value is -0.930. The molecule has 1 aromatic rings. The Kier molecular flexibility index (Phi) is 5.34. The van der Waals surface area contributed by atoms with Crippen LogP contribution in [-0.2, 0) is 6.54 Å². The Bertz CT molecular complexity index is 360. The van der Waals surface area contributed by atoms with Crippen LogP contribution in [0.25, 0.3) is 0 Å². The number of likely N-dealkylation sites (tertiary alicyclic amines) is 1. The van der Waals surface area contributed by atoms with Crippen LogP contribution in [-0.4, -0.2) is 36.1 Å². The summed E-state index contributed by atoms with van der Waals surface area (Å²) in [4.78, 5) is 6.75. The lowest BCUT2D eigenvalue weighted by Crippen LogP contribution is -2.32. The van der Waals surface area contributed by atoms with E-state index in [1.54, 1.807) is 0 Å². The van der Waals surface area contributed by atoms with E-state index in [9.17, 15) is 0 Å². The number of pyridine rings is 1. The first-order chi connectivity index (χ1) is 9.28. The molecule has 2 heterocycles. The average molecular weight is 261 g/mol. The molecule has 0 saturated carbocycles. The highest BCUT2D eigenvalue weighted by Crippen LogP contribution is 2.36. The molecule has 0 spiro atoms. The third-order valence-corrected chi connectivity index (χ3v) is 4.67. The van der Waals surface area contributed by atoms with E-state index in [1.807, 2.05) is 18.5 Å². The smallest absolute Gasteiger partial charge is 0.0312 e. The van der Waals surface area contributed by atoms with Crippen molar-refractivity contribution in [2.45, 2.75) is 39.7 Å². The van der Waals surface area contributed by atoms with Gasteiger partial charge in [0.05, 0.1) is 0 Å². The fraction of sp³-hybridized carbons (Fsp3) is 0.688. The molecule has 106 valence electrons. The molecule has 0 atom stereocenters. The highest BCUT2D eigenvalue weighted by molar-refractivity contribution is 5.07. The van der Waals surface area contributed by atoms with Crippen LogP contribution in [0.1, 0.15) is 38.7 Å². The second kappa shape index (κ2) is 7.01. The molecule has 1 N–H and O–H groups in total. The van der Waals surface area contributed by atoms with E-state index in [0.29, 0.717) is 5.41 Å². The number of hydrogen-bond acceptors (Lipinski definition) is 3. The van der Waals surface area contributed by atoms with Crippen LogP contribution in [0, 0.1) is 5.41 Å². The zero-order valence-corrected chi connectivity index (χ0v) is 12.4. The lowest BCUT2D eigenvalue weighted by atomic mass is 9.82. The van der Waals surface area contributed by atoms with Gasteiger partial charge in [0.2, 0.25) is 0 Å². The Morgan fingerprint density at radius 1 is 1.37 bits per heavy atom. The molecule has 1 aliphatic rings. The number of aromatic nitrogens is 1. The van der Waals surface area contributed by atoms with E-state index < -0.39 is 0 Å². The number of nitrogens with zero attached hydrogens (tertiary/aromatic N) is 2. The Labute approximate surface area is 117 Å². The Morgan fingerprint density at radius 3 is 2.84 bits per heavy atom. The lowest BCUT2D eigenvalue weighted by Gasteiger charge is -2.26. The third kappa shape index (κ3) is 4.02. The van der Waals surface area contributed by atoms with Gasteiger partial charge in [-0.2, -0.15) is 0 Å². The molecule has 0 aromatic carbocycles. The highest BCUT2D eigenvalue weighted by Gasteiger charge is 2.34. The van der Waals surface area contributed by atoms with Gasteiger partial charge in [0.15, 0.2) is 0 Å². The molecule has 1 saturated heterocycles. The molecule has 1 aromatic heterocycles. The zero-order chi connectivity index (χ0) is 13.6. The van der Waals surface area contributed by atoms with Crippen molar-refractivity contribution >= 4 is 0 Å². The molecule has 0 amide bonds. The van der Waals surface area contributed by atoms with E-state index >= 15 is 0 Å². The van der Waals surface area contributed by atoms with E-state index in [4.69, 9.17) is 0 Å². The predicted molar refractivity (Wildman–Crippen MR) is 80.0 cm³/mol. The van der Waals surface area contributed by atoms with Gasteiger partial charge in [-0.15, -0.1) is 0 Å². The van der Waals surface area contributed by atoms with E-state index in [-0.39, 0.29) is 0 Å². The van der Waals surface area contributed by atoms with Crippen molar-refractivity contribution in [3.05, 3.63) is 30.1 Å². The second-order valence-corrected chi connectivity index (χ2v) is 5.77. The van der Waals surface area contributed by atoms with Crippen LogP contribution in [0.3, 0.4) is 0 Å². The molecule has 0 bridgehead atoms. The third-order valence-electron chi connectivity index (χ3n) is 4.67. The molecular weight excluding hydrogens is 234 g/mol. The van der Waals surface area contributed by atoms with Crippen LogP contribution in [0.4, 0.5) is 0 Å². The van der Waals surface area contributed by atoms with E-state index in [0.717, 1.165) is 13.1 Å². The second-order valence-electron chi connectivity index (χ2n) is 5.77. The molecule has 1 fully saturated rings. The summed E-state index contributed by atoms with van der Waals surface area (Å²) in [7, 11) is 0. The van der Waals surface area contributed by atoms with E-state index in [2.05, 4.69) is 35.1 Å². The lowest BCUT2D eigenvalue weighted by molar-refractivity contribution is 0.240. The van der Waals surface area contributed by atoms with Crippen molar-refractivity contribution in [1.82, 2.24) is 15.2 Å². The summed E-state index contributed by atoms with van der Waals surface area (Å²) < 4.78 is 0. The predicted octanol–water partition coefficient (Wildman–Crippen LogP) is 2.68. The minimum atomic E-state index is 0.601. The largest absolute Gasteiger partial charge is 0.311 e. The number of rotatable bonds is 7. The van der Waals surface area contributed by atoms with Crippen molar-refractivity contribution in [3.63, 3.8) is 0 Å². The van der Waals surface area contributed by atoms with Gasteiger partial charge in [0.1, 0.15) is 0 Å². The first-order valence-electron chi connectivity index (χ1n) is 7.60. The Morgan fingerprint density at radius 2 is 2.21 bits per heavy atom. The maximum Gasteiger partial charge on any atom is 0.0312 e. The average Bonchev–Trinajstić information content (AvgIpc) is 2.89. The maximum atomic E-state index is 4.13. The van der Waals surface area contributed by atoms with Gasteiger partial charge < -0.3 is 10.2 Å². The van der Waals surface area contributed by atoms with Gasteiger partial charge in [-0.25, -0.2) is 0 Å². The quantitative estimate of drug-likeness (QED) is 0.765. The van der Waals surface area contributed by atoms with Crippen molar-refractivity contribution in [1.29, 1.82) is 0 Å². The summed E-state index contributed by atoms with van der Waals surface area (Å²) in [5.41, 5.74) is 1.86. The van der Waals surface area contributed by atoms with Gasteiger partial charge in [-0.05, 0) is 42.9 Å². The fourth-order valence-corrected chi connectivity index (χ4v) is 3.02. The molecule has 0 unspecified atom stereocenters. The van der Waals surface area contributed by atoms with Gasteiger partial charge in [-0.3, -0.25) is 4.98 Å². The molecule has 3 nitrogen and oxygen atoms in total. The van der Waals surface area contributed by atoms with Gasteiger partial charge in [-0.1, -0.05) is 19.9 Å². The van der Waals surface area contributed by atoms with Crippen molar-refractivity contribution in [3.8, 4) is 0 Å². The SMILES string of the molecule is CCC1(CC)CCN(CCNCc2cccnc2)C1. The van der Waals surface area contributed by atoms with Crippen molar-refractivity contribution in [2.75, 3.05) is 26.2 Å². The van der Waals surface area contributed by atoms with Crippen LogP contribution in [0.2, 0.25) is 0 Å². The molecule has 2 rings (SSSR count). The van der Waals surface area contributed by atoms with Crippen LogP contribution in [0.15, 0.2) is 24.5 Å². The van der Waals surface area contributed by atoms with Crippen molar-refractivity contribution < 1.29 is 0 Å². The fourth-order valence-electron chi connectivity index (χ4n) is 3.02. The molecule has 0 radical (unpaired) electrons.